The molecule has 4 rings (SSSR count). The van der Waals surface area contributed by atoms with E-state index in [9.17, 15) is 14.7 Å². The van der Waals surface area contributed by atoms with E-state index in [0.717, 1.165) is 23.1 Å². The molecule has 2 amide bonds. The zero-order valence-corrected chi connectivity index (χ0v) is 16.2. The summed E-state index contributed by atoms with van der Waals surface area (Å²) in [4.78, 5) is 23.6. The van der Waals surface area contributed by atoms with Gasteiger partial charge < -0.3 is 21.5 Å². The number of carbonyl (C=O) groups is 2. The summed E-state index contributed by atoms with van der Waals surface area (Å²) in [6.45, 7) is 3.86. The van der Waals surface area contributed by atoms with Gasteiger partial charge >= 0.3 is 0 Å². The van der Waals surface area contributed by atoms with E-state index in [4.69, 9.17) is 5.73 Å². The highest BCUT2D eigenvalue weighted by atomic mass is 16.3. The van der Waals surface area contributed by atoms with Crippen LogP contribution in [0.25, 0.3) is 16.8 Å². The zero-order valence-electron chi connectivity index (χ0n) is 16.2. The molecule has 3 aromatic rings. The summed E-state index contributed by atoms with van der Waals surface area (Å²) in [7, 11) is 0. The first-order chi connectivity index (χ1) is 14.5. The maximum Gasteiger partial charge on any atom is 0.251 e. The van der Waals surface area contributed by atoms with Crippen molar-refractivity contribution in [1.29, 1.82) is 0 Å². The summed E-state index contributed by atoms with van der Waals surface area (Å²) in [5, 5.41) is 19.5. The van der Waals surface area contributed by atoms with E-state index < -0.39 is 0 Å². The number of hydrogen-bond donors (Lipinski definition) is 4. The van der Waals surface area contributed by atoms with Gasteiger partial charge in [-0.1, -0.05) is 18.7 Å². The van der Waals surface area contributed by atoms with Crippen LogP contribution in [0.4, 0.5) is 11.5 Å². The average Bonchev–Trinajstić information content (AvgIpc) is 3.15. The third kappa shape index (κ3) is 3.68. The molecule has 0 unspecified atom stereocenters. The van der Waals surface area contributed by atoms with Gasteiger partial charge in [0.05, 0.1) is 12.3 Å². The smallest absolute Gasteiger partial charge is 0.251 e. The fourth-order valence-corrected chi connectivity index (χ4v) is 3.50. The number of anilines is 2. The number of aliphatic hydroxyl groups is 1. The van der Waals surface area contributed by atoms with Crippen LogP contribution in [-0.2, 0) is 17.8 Å². The number of carbonyl (C=O) groups excluding carboxylic acids is 2. The Bertz CT molecular complexity index is 1170. The van der Waals surface area contributed by atoms with E-state index in [-0.39, 0.29) is 18.4 Å². The minimum absolute atomic E-state index is 0.0682. The number of aromatic nitrogens is 2. The van der Waals surface area contributed by atoms with Gasteiger partial charge in [-0.3, -0.25) is 9.59 Å². The summed E-state index contributed by atoms with van der Waals surface area (Å²) >= 11 is 0. The maximum absolute atomic E-state index is 12.0. The van der Waals surface area contributed by atoms with Crippen molar-refractivity contribution in [3.05, 3.63) is 71.9 Å². The van der Waals surface area contributed by atoms with Gasteiger partial charge in [0, 0.05) is 29.6 Å². The fraction of sp³-hybridized carbons (Fsp3) is 0.136. The van der Waals surface area contributed by atoms with Crippen LogP contribution in [0.1, 0.15) is 21.5 Å². The molecule has 0 fully saturated rings. The predicted octanol–water partition coefficient (Wildman–Crippen LogP) is 2.02. The number of aliphatic hydroxyl groups excluding tert-OH is 1. The number of amides is 2. The van der Waals surface area contributed by atoms with Crippen LogP contribution < -0.4 is 16.4 Å². The van der Waals surface area contributed by atoms with Gasteiger partial charge in [0.15, 0.2) is 5.82 Å². The number of benzene rings is 2. The van der Waals surface area contributed by atoms with Crippen LogP contribution >= 0.6 is 0 Å². The third-order valence-electron chi connectivity index (χ3n) is 4.96. The number of nitrogens with two attached hydrogens (primary N) is 1. The maximum atomic E-state index is 12.0. The molecule has 8 heteroatoms. The lowest BCUT2D eigenvalue weighted by Crippen LogP contribution is -2.31. The van der Waals surface area contributed by atoms with E-state index in [0.29, 0.717) is 34.9 Å². The molecule has 30 heavy (non-hydrogen) atoms. The molecule has 0 spiro atoms. The highest BCUT2D eigenvalue weighted by Gasteiger charge is 2.18. The molecule has 0 saturated heterocycles. The summed E-state index contributed by atoms with van der Waals surface area (Å²) in [6, 6.07) is 10.8. The molecule has 0 radical (unpaired) electrons. The minimum Gasteiger partial charge on any atom is -0.392 e. The number of rotatable bonds is 5. The summed E-state index contributed by atoms with van der Waals surface area (Å²) in [5.41, 5.74) is 11.2. The topological polar surface area (TPSA) is 122 Å². The van der Waals surface area contributed by atoms with Crippen molar-refractivity contribution in [3.8, 4) is 16.8 Å². The molecule has 152 valence electrons. The van der Waals surface area contributed by atoms with Gasteiger partial charge in [0.2, 0.25) is 5.91 Å². The molecule has 8 nitrogen and oxygen atoms in total. The van der Waals surface area contributed by atoms with E-state index in [2.05, 4.69) is 22.3 Å². The Morgan fingerprint density at radius 3 is 2.90 bits per heavy atom. The molecule has 2 aromatic carbocycles. The van der Waals surface area contributed by atoms with Crippen LogP contribution in [0.15, 0.2) is 55.3 Å². The molecule has 2 heterocycles. The molecule has 1 aliphatic rings. The second-order valence-electron chi connectivity index (χ2n) is 6.99. The van der Waals surface area contributed by atoms with E-state index in [1.807, 2.05) is 12.1 Å². The molecule has 1 aromatic heterocycles. The minimum atomic E-state index is -0.352. The van der Waals surface area contributed by atoms with Crippen LogP contribution in [0.3, 0.4) is 0 Å². The van der Waals surface area contributed by atoms with Crippen LogP contribution in [0.5, 0.6) is 0 Å². The van der Waals surface area contributed by atoms with E-state index >= 15 is 0 Å². The highest BCUT2D eigenvalue weighted by Crippen LogP contribution is 2.30. The van der Waals surface area contributed by atoms with Crippen molar-refractivity contribution in [2.45, 2.75) is 13.0 Å². The Balaban J connectivity index is 1.72. The highest BCUT2D eigenvalue weighted by molar-refractivity contribution is 5.99. The van der Waals surface area contributed by atoms with Gasteiger partial charge in [0.25, 0.3) is 5.91 Å². The van der Waals surface area contributed by atoms with Crippen molar-refractivity contribution < 1.29 is 14.7 Å². The van der Waals surface area contributed by atoms with Crippen molar-refractivity contribution in [2.24, 2.45) is 0 Å². The number of hydrogen-bond acceptors (Lipinski definition) is 5. The normalized spacial score (nSPS) is 12.8. The van der Waals surface area contributed by atoms with Crippen molar-refractivity contribution in [1.82, 2.24) is 15.1 Å². The van der Waals surface area contributed by atoms with Crippen molar-refractivity contribution in [3.63, 3.8) is 0 Å². The number of nitrogens with one attached hydrogen (secondary N) is 2. The molecule has 1 aliphatic heterocycles. The first-order valence-corrected chi connectivity index (χ1v) is 9.43. The van der Waals surface area contributed by atoms with Gasteiger partial charge in [-0.2, -0.15) is 5.10 Å². The van der Waals surface area contributed by atoms with Crippen molar-refractivity contribution >= 4 is 23.3 Å². The first-order valence-electron chi connectivity index (χ1n) is 9.43. The number of fused-ring (bicyclic) bond motifs is 1. The summed E-state index contributed by atoms with van der Waals surface area (Å²) < 4.78 is 1.60. The van der Waals surface area contributed by atoms with E-state index in [1.54, 1.807) is 35.1 Å². The Kier molecular flexibility index (Phi) is 5.07. The largest absolute Gasteiger partial charge is 0.392 e. The fourth-order valence-electron chi connectivity index (χ4n) is 3.50. The Hall–Kier alpha value is -3.91. The molecular weight excluding hydrogens is 382 g/mol. The number of nitrogen functional groups attached to an aromatic ring is 1. The lowest BCUT2D eigenvalue weighted by Gasteiger charge is -2.17. The molecular formula is C22H21N5O3. The van der Waals surface area contributed by atoms with Crippen molar-refractivity contribution in [2.75, 3.05) is 17.6 Å². The monoisotopic (exact) mass is 403 g/mol. The van der Waals surface area contributed by atoms with Gasteiger partial charge in [-0.05, 0) is 53.5 Å². The molecule has 5 N–H and O–H groups in total. The standard InChI is InChI=1S/C22H21N5O3/c1-2-20(29)25-16-7-13(12-28)8-17(10-16)27-11-19(21(23)26-27)14-3-4-18-15(9-14)5-6-24-22(18)30/h2-4,7-11,28H,1,5-6,12H2,(H2,23,26)(H,24,30)(H,25,29). The Morgan fingerprint density at radius 1 is 1.30 bits per heavy atom. The predicted molar refractivity (Wildman–Crippen MR) is 114 cm³/mol. The molecule has 0 aliphatic carbocycles. The molecule has 0 saturated carbocycles. The SMILES string of the molecule is C=CC(=O)Nc1cc(CO)cc(-n2cc(-c3ccc4c(c3)CCNC4=O)c(N)n2)c1. The van der Waals surface area contributed by atoms with Crippen LogP contribution in [0, 0.1) is 0 Å². The second kappa shape index (κ2) is 7.84. The van der Waals surface area contributed by atoms with Crippen LogP contribution in [-0.4, -0.2) is 33.2 Å². The number of nitrogens with zero attached hydrogens (tertiary/aromatic N) is 2. The molecule has 0 bridgehead atoms. The van der Waals surface area contributed by atoms with Gasteiger partial charge in [-0.25, -0.2) is 4.68 Å². The van der Waals surface area contributed by atoms with E-state index in [1.165, 1.54) is 6.08 Å². The van der Waals surface area contributed by atoms with Gasteiger partial charge in [0.1, 0.15) is 0 Å². The third-order valence-corrected chi connectivity index (χ3v) is 4.96. The Morgan fingerprint density at radius 2 is 2.13 bits per heavy atom. The molecule has 0 atom stereocenters. The Labute approximate surface area is 173 Å². The lowest BCUT2D eigenvalue weighted by atomic mass is 9.96. The first kappa shape index (κ1) is 19.4. The quantitative estimate of drug-likeness (QED) is 0.486. The van der Waals surface area contributed by atoms with Gasteiger partial charge in [-0.15, -0.1) is 0 Å². The average molecular weight is 403 g/mol. The lowest BCUT2D eigenvalue weighted by molar-refractivity contribution is -0.111. The zero-order chi connectivity index (χ0) is 21.3. The second-order valence-corrected chi connectivity index (χ2v) is 6.99. The summed E-state index contributed by atoms with van der Waals surface area (Å²) in [6.07, 6.45) is 3.72. The van der Waals surface area contributed by atoms with Crippen LogP contribution in [0.2, 0.25) is 0 Å². The summed E-state index contributed by atoms with van der Waals surface area (Å²) in [5.74, 6) is -0.0857.